The summed E-state index contributed by atoms with van der Waals surface area (Å²) in [7, 11) is 5.94. The summed E-state index contributed by atoms with van der Waals surface area (Å²) in [6, 6.07) is 19.3. The van der Waals surface area contributed by atoms with Gasteiger partial charge in [-0.2, -0.15) is 0 Å². The van der Waals surface area contributed by atoms with E-state index >= 15 is 0 Å². The molecule has 0 aromatic heterocycles. The van der Waals surface area contributed by atoms with Gasteiger partial charge >= 0.3 is 0 Å². The largest absolute Gasteiger partial charge is 0.378 e. The quantitative estimate of drug-likeness (QED) is 0.441. The molecule has 0 unspecified atom stereocenters. The Hall–Kier alpha value is -2.49. The van der Waals surface area contributed by atoms with Crippen LogP contribution in [0.4, 0.5) is 5.69 Å². The highest BCUT2D eigenvalue weighted by atomic mass is 15.2. The average molecular weight is 338 g/mol. The van der Waals surface area contributed by atoms with E-state index in [0.717, 1.165) is 38.3 Å². The summed E-state index contributed by atoms with van der Waals surface area (Å²) in [4.78, 5) is 6.40. The summed E-state index contributed by atoms with van der Waals surface area (Å²) in [5.74, 6) is 0.873. The fourth-order valence-corrected chi connectivity index (χ4v) is 2.65. The molecular weight excluding hydrogens is 308 g/mol. The zero-order valence-corrected chi connectivity index (χ0v) is 15.6. The van der Waals surface area contributed by atoms with Crippen LogP contribution in [0.25, 0.3) is 0 Å². The Labute approximate surface area is 152 Å². The van der Waals surface area contributed by atoms with Crippen LogP contribution in [-0.2, 0) is 12.8 Å². The molecule has 0 bridgehead atoms. The Balaban J connectivity index is 1.64. The van der Waals surface area contributed by atoms with Gasteiger partial charge in [-0.25, -0.2) is 0 Å². The predicted molar refractivity (Wildman–Crippen MR) is 109 cm³/mol. The predicted octanol–water partition coefficient (Wildman–Crippen LogP) is 3.09. The highest BCUT2D eigenvalue weighted by Crippen LogP contribution is 2.12. The van der Waals surface area contributed by atoms with Crippen molar-refractivity contribution in [1.29, 1.82) is 0 Å². The third kappa shape index (κ3) is 6.87. The standard InChI is InChI=1S/C21H30N4/c1-22-21(23-16-7-10-18-8-5-4-6-9-18)24-17-15-19-11-13-20(14-12-19)25(2)3/h4-6,8-9,11-14H,7,10,15-17H2,1-3H3,(H2,22,23,24). The molecule has 0 amide bonds. The number of hydrogen-bond donors (Lipinski definition) is 2. The minimum atomic E-state index is 0.873. The average Bonchev–Trinajstić information content (AvgIpc) is 2.65. The molecule has 2 aromatic carbocycles. The first-order valence-corrected chi connectivity index (χ1v) is 8.94. The monoisotopic (exact) mass is 338 g/mol. The smallest absolute Gasteiger partial charge is 0.190 e. The van der Waals surface area contributed by atoms with E-state index in [1.807, 2.05) is 7.05 Å². The lowest BCUT2D eigenvalue weighted by atomic mass is 10.1. The summed E-state index contributed by atoms with van der Waals surface area (Å²) in [6.45, 7) is 1.80. The van der Waals surface area contributed by atoms with Gasteiger partial charge in [-0.05, 0) is 42.5 Å². The van der Waals surface area contributed by atoms with Crippen LogP contribution in [0.2, 0.25) is 0 Å². The summed E-state index contributed by atoms with van der Waals surface area (Å²) < 4.78 is 0. The molecule has 0 spiro atoms. The van der Waals surface area contributed by atoms with Crippen LogP contribution in [0.5, 0.6) is 0 Å². The van der Waals surface area contributed by atoms with Crippen molar-refractivity contribution in [2.75, 3.05) is 39.1 Å². The Morgan fingerprint density at radius 3 is 2.12 bits per heavy atom. The van der Waals surface area contributed by atoms with Crippen molar-refractivity contribution in [2.24, 2.45) is 4.99 Å². The van der Waals surface area contributed by atoms with E-state index in [1.54, 1.807) is 0 Å². The number of guanidine groups is 1. The van der Waals surface area contributed by atoms with Gasteiger partial charge in [0.25, 0.3) is 0 Å². The number of nitrogens with one attached hydrogen (secondary N) is 2. The molecule has 0 radical (unpaired) electrons. The molecule has 4 heteroatoms. The van der Waals surface area contributed by atoms with Crippen LogP contribution in [0.3, 0.4) is 0 Å². The minimum Gasteiger partial charge on any atom is -0.378 e. The van der Waals surface area contributed by atoms with E-state index in [2.05, 4.69) is 89.2 Å². The molecule has 0 aliphatic heterocycles. The SMILES string of the molecule is CN=C(NCCCc1ccccc1)NCCc1ccc(N(C)C)cc1. The third-order valence-corrected chi connectivity index (χ3v) is 4.16. The zero-order chi connectivity index (χ0) is 17.9. The number of rotatable bonds is 8. The topological polar surface area (TPSA) is 39.7 Å². The maximum atomic E-state index is 4.29. The molecule has 0 aliphatic rings. The van der Waals surface area contributed by atoms with Crippen molar-refractivity contribution >= 4 is 11.6 Å². The summed E-state index contributed by atoms with van der Waals surface area (Å²) in [6.07, 6.45) is 3.16. The van der Waals surface area contributed by atoms with Crippen molar-refractivity contribution in [2.45, 2.75) is 19.3 Å². The maximum Gasteiger partial charge on any atom is 0.190 e. The van der Waals surface area contributed by atoms with Crippen LogP contribution in [0.15, 0.2) is 59.6 Å². The van der Waals surface area contributed by atoms with E-state index in [-0.39, 0.29) is 0 Å². The summed E-state index contributed by atoms with van der Waals surface area (Å²) in [5, 5.41) is 6.76. The van der Waals surface area contributed by atoms with Crippen LogP contribution in [-0.4, -0.2) is 40.2 Å². The zero-order valence-electron chi connectivity index (χ0n) is 15.6. The van der Waals surface area contributed by atoms with Crippen LogP contribution < -0.4 is 15.5 Å². The molecular formula is C21H30N4. The van der Waals surface area contributed by atoms with Crippen molar-refractivity contribution in [3.63, 3.8) is 0 Å². The van der Waals surface area contributed by atoms with Crippen molar-refractivity contribution in [3.8, 4) is 0 Å². The third-order valence-electron chi connectivity index (χ3n) is 4.16. The second-order valence-electron chi connectivity index (χ2n) is 6.33. The summed E-state index contributed by atoms with van der Waals surface area (Å²) in [5.41, 5.74) is 3.94. The van der Waals surface area contributed by atoms with E-state index in [9.17, 15) is 0 Å². The highest BCUT2D eigenvalue weighted by molar-refractivity contribution is 5.79. The van der Waals surface area contributed by atoms with Gasteiger partial charge in [-0.15, -0.1) is 0 Å². The lowest BCUT2D eigenvalue weighted by Crippen LogP contribution is -2.38. The van der Waals surface area contributed by atoms with Gasteiger partial charge < -0.3 is 15.5 Å². The van der Waals surface area contributed by atoms with Crippen molar-refractivity contribution < 1.29 is 0 Å². The molecule has 25 heavy (non-hydrogen) atoms. The Kier molecular flexibility index (Phi) is 7.83. The Morgan fingerprint density at radius 1 is 0.840 bits per heavy atom. The fraction of sp³-hybridized carbons (Fsp3) is 0.381. The van der Waals surface area contributed by atoms with E-state index in [0.29, 0.717) is 0 Å². The minimum absolute atomic E-state index is 0.873. The first-order valence-electron chi connectivity index (χ1n) is 8.94. The summed E-state index contributed by atoms with van der Waals surface area (Å²) >= 11 is 0. The first kappa shape index (κ1) is 18.8. The second kappa shape index (κ2) is 10.4. The van der Waals surface area contributed by atoms with Crippen LogP contribution in [0.1, 0.15) is 17.5 Å². The number of nitrogens with zero attached hydrogens (tertiary/aromatic N) is 2. The van der Waals surface area contributed by atoms with Gasteiger partial charge in [0.05, 0.1) is 0 Å². The molecule has 0 atom stereocenters. The molecule has 2 aromatic rings. The number of aryl methyl sites for hydroxylation is 1. The van der Waals surface area contributed by atoms with Crippen molar-refractivity contribution in [1.82, 2.24) is 10.6 Å². The lowest BCUT2D eigenvalue weighted by Gasteiger charge is -2.14. The van der Waals surface area contributed by atoms with E-state index in [4.69, 9.17) is 0 Å². The number of aliphatic imine (C=N–C) groups is 1. The van der Waals surface area contributed by atoms with Gasteiger partial charge in [0.1, 0.15) is 0 Å². The van der Waals surface area contributed by atoms with Gasteiger partial charge in [0.15, 0.2) is 5.96 Å². The molecule has 0 saturated carbocycles. The molecule has 0 aliphatic carbocycles. The molecule has 0 saturated heterocycles. The molecule has 2 rings (SSSR count). The Morgan fingerprint density at radius 2 is 1.48 bits per heavy atom. The molecule has 2 N–H and O–H groups in total. The normalized spacial score (nSPS) is 11.2. The lowest BCUT2D eigenvalue weighted by molar-refractivity contribution is 0.739. The number of anilines is 1. The van der Waals surface area contributed by atoms with Gasteiger partial charge in [-0.1, -0.05) is 42.5 Å². The maximum absolute atomic E-state index is 4.29. The Bertz CT molecular complexity index is 633. The van der Waals surface area contributed by atoms with Crippen LogP contribution in [0, 0.1) is 0 Å². The number of benzene rings is 2. The molecule has 0 fully saturated rings. The second-order valence-corrected chi connectivity index (χ2v) is 6.33. The highest BCUT2D eigenvalue weighted by Gasteiger charge is 1.99. The van der Waals surface area contributed by atoms with E-state index in [1.165, 1.54) is 16.8 Å². The van der Waals surface area contributed by atoms with E-state index < -0.39 is 0 Å². The van der Waals surface area contributed by atoms with Gasteiger partial charge in [-0.3, -0.25) is 4.99 Å². The molecule has 134 valence electrons. The molecule has 0 heterocycles. The molecule has 4 nitrogen and oxygen atoms in total. The number of hydrogen-bond acceptors (Lipinski definition) is 2. The van der Waals surface area contributed by atoms with Gasteiger partial charge in [0, 0.05) is 39.9 Å². The fourth-order valence-electron chi connectivity index (χ4n) is 2.65. The van der Waals surface area contributed by atoms with Gasteiger partial charge in [0.2, 0.25) is 0 Å². The van der Waals surface area contributed by atoms with Crippen LogP contribution >= 0.6 is 0 Å². The first-order chi connectivity index (χ1) is 12.2. The van der Waals surface area contributed by atoms with Crippen molar-refractivity contribution in [3.05, 3.63) is 65.7 Å².